The molecule has 1 N–H and O–H groups in total. The highest BCUT2D eigenvalue weighted by atomic mass is 32.2. The predicted octanol–water partition coefficient (Wildman–Crippen LogP) is 5.75. The van der Waals surface area contributed by atoms with Crippen LogP contribution in [0.25, 0.3) is 22.6 Å². The zero-order chi connectivity index (χ0) is 20.8. The number of anilines is 1. The van der Waals surface area contributed by atoms with E-state index in [2.05, 4.69) is 10.3 Å². The fourth-order valence-corrected chi connectivity index (χ4v) is 3.56. The van der Waals surface area contributed by atoms with E-state index < -0.39 is 0 Å². The van der Waals surface area contributed by atoms with Gasteiger partial charge in [0.1, 0.15) is 11.4 Å². The van der Waals surface area contributed by atoms with Gasteiger partial charge in [-0.05, 0) is 24.3 Å². The zero-order valence-corrected chi connectivity index (χ0v) is 17.2. The number of benzene rings is 3. The lowest BCUT2D eigenvalue weighted by atomic mass is 10.1. The Morgan fingerprint density at radius 1 is 0.933 bits per heavy atom. The first kappa shape index (κ1) is 19.8. The lowest BCUT2D eigenvalue weighted by Crippen LogP contribution is -2.13. The second kappa shape index (κ2) is 9.33. The molecule has 0 spiro atoms. The normalized spacial score (nSPS) is 10.6. The monoisotopic (exact) mass is 416 g/mol. The Bertz CT molecular complexity index is 1050. The third-order valence-corrected chi connectivity index (χ3v) is 5.22. The number of nitrogens with zero attached hydrogens (tertiary/aromatic N) is 1. The molecule has 0 unspecified atom stereocenters. The van der Waals surface area contributed by atoms with Crippen molar-refractivity contribution < 1.29 is 13.9 Å². The summed E-state index contributed by atoms with van der Waals surface area (Å²) in [6.45, 7) is 0. The Morgan fingerprint density at radius 3 is 2.20 bits per heavy atom. The summed E-state index contributed by atoms with van der Waals surface area (Å²) in [4.78, 5) is 17.0. The smallest absolute Gasteiger partial charge is 0.257 e. The van der Waals surface area contributed by atoms with Crippen molar-refractivity contribution in [3.8, 4) is 28.3 Å². The van der Waals surface area contributed by atoms with Gasteiger partial charge in [0.05, 0.1) is 12.9 Å². The average Bonchev–Trinajstić information content (AvgIpc) is 3.24. The number of methoxy groups -OCH3 is 1. The van der Waals surface area contributed by atoms with E-state index in [-0.39, 0.29) is 11.7 Å². The van der Waals surface area contributed by atoms with E-state index in [9.17, 15) is 4.79 Å². The fraction of sp³-hybridized carbons (Fsp3) is 0.0833. The van der Waals surface area contributed by atoms with E-state index in [1.54, 1.807) is 31.4 Å². The lowest BCUT2D eigenvalue weighted by molar-refractivity contribution is -0.113. The van der Waals surface area contributed by atoms with Crippen LogP contribution >= 0.6 is 11.8 Å². The number of carbonyl (C=O) groups is 1. The van der Waals surface area contributed by atoms with Gasteiger partial charge in [-0.15, -0.1) is 0 Å². The quantitative estimate of drug-likeness (QED) is 0.389. The van der Waals surface area contributed by atoms with Crippen molar-refractivity contribution in [2.24, 2.45) is 0 Å². The highest BCUT2D eigenvalue weighted by molar-refractivity contribution is 7.99. The Hall–Kier alpha value is -3.51. The topological polar surface area (TPSA) is 64.4 Å². The largest absolute Gasteiger partial charge is 0.497 e. The van der Waals surface area contributed by atoms with E-state index in [4.69, 9.17) is 9.15 Å². The van der Waals surface area contributed by atoms with Crippen molar-refractivity contribution in [2.75, 3.05) is 18.2 Å². The van der Waals surface area contributed by atoms with Gasteiger partial charge in [0.25, 0.3) is 5.22 Å². The molecule has 0 atom stereocenters. The summed E-state index contributed by atoms with van der Waals surface area (Å²) in [5.74, 6) is 1.49. The van der Waals surface area contributed by atoms with Crippen molar-refractivity contribution in [1.29, 1.82) is 0 Å². The van der Waals surface area contributed by atoms with Crippen LogP contribution < -0.4 is 10.1 Å². The number of nitrogens with one attached hydrogen (secondary N) is 1. The summed E-state index contributed by atoms with van der Waals surface area (Å²) in [5, 5.41) is 3.32. The highest BCUT2D eigenvalue weighted by Crippen LogP contribution is 2.35. The molecule has 30 heavy (non-hydrogen) atoms. The third kappa shape index (κ3) is 4.72. The molecule has 0 saturated heterocycles. The summed E-state index contributed by atoms with van der Waals surface area (Å²) in [6.07, 6.45) is 0. The number of ether oxygens (including phenoxy) is 1. The van der Waals surface area contributed by atoms with Crippen LogP contribution in [0.1, 0.15) is 0 Å². The van der Waals surface area contributed by atoms with Crippen LogP contribution in [0.3, 0.4) is 0 Å². The summed E-state index contributed by atoms with van der Waals surface area (Å²) in [6, 6.07) is 26.9. The van der Waals surface area contributed by atoms with Gasteiger partial charge >= 0.3 is 0 Å². The molecule has 0 aliphatic rings. The molecule has 1 amide bonds. The van der Waals surface area contributed by atoms with Gasteiger partial charge in [-0.3, -0.25) is 4.79 Å². The molecule has 0 aliphatic heterocycles. The maximum Gasteiger partial charge on any atom is 0.257 e. The van der Waals surface area contributed by atoms with Crippen molar-refractivity contribution in [3.05, 3.63) is 84.9 Å². The maximum absolute atomic E-state index is 12.3. The first-order valence-corrected chi connectivity index (χ1v) is 10.4. The molecule has 0 fully saturated rings. The minimum Gasteiger partial charge on any atom is -0.497 e. The van der Waals surface area contributed by atoms with Gasteiger partial charge in [-0.1, -0.05) is 72.4 Å². The predicted molar refractivity (Wildman–Crippen MR) is 120 cm³/mol. The number of hydrogen-bond donors (Lipinski definition) is 1. The summed E-state index contributed by atoms with van der Waals surface area (Å²) in [7, 11) is 1.61. The Balaban J connectivity index is 1.50. The van der Waals surface area contributed by atoms with Crippen LogP contribution in [0.15, 0.2) is 94.6 Å². The molecule has 0 radical (unpaired) electrons. The van der Waals surface area contributed by atoms with Gasteiger partial charge in [-0.2, -0.15) is 0 Å². The molecule has 1 aromatic heterocycles. The van der Waals surface area contributed by atoms with Crippen LogP contribution in [0, 0.1) is 0 Å². The van der Waals surface area contributed by atoms with Gasteiger partial charge in [0.2, 0.25) is 5.91 Å². The second-order valence-electron chi connectivity index (χ2n) is 6.45. The fourth-order valence-electron chi connectivity index (χ4n) is 2.94. The first-order chi connectivity index (χ1) is 14.7. The summed E-state index contributed by atoms with van der Waals surface area (Å²) < 4.78 is 11.2. The third-order valence-electron chi connectivity index (χ3n) is 4.39. The Labute approximate surface area is 179 Å². The van der Waals surface area contributed by atoms with Crippen LogP contribution in [0.2, 0.25) is 0 Å². The first-order valence-electron chi connectivity index (χ1n) is 9.41. The number of amides is 1. The zero-order valence-electron chi connectivity index (χ0n) is 16.4. The van der Waals surface area contributed by atoms with Crippen LogP contribution in [0.4, 0.5) is 5.69 Å². The number of rotatable bonds is 7. The minimum atomic E-state index is -0.133. The van der Waals surface area contributed by atoms with E-state index in [1.165, 1.54) is 11.8 Å². The van der Waals surface area contributed by atoms with E-state index in [0.29, 0.717) is 16.7 Å². The molecule has 4 aromatic rings. The van der Waals surface area contributed by atoms with E-state index in [0.717, 1.165) is 22.6 Å². The standard InChI is InChI=1S/C24H20N2O3S/c1-28-20-14-12-19(13-15-20)25-21(27)16-30-24-26-22(17-8-4-2-5-9-17)23(29-24)18-10-6-3-7-11-18/h2-15H,16H2,1H3,(H,25,27). The molecular formula is C24H20N2O3S. The molecule has 0 bridgehead atoms. The second-order valence-corrected chi connectivity index (χ2v) is 7.38. The number of carbonyl (C=O) groups excluding carboxylic acids is 1. The number of hydrogen-bond acceptors (Lipinski definition) is 5. The molecule has 5 nitrogen and oxygen atoms in total. The van der Waals surface area contributed by atoms with Crippen LogP contribution in [0.5, 0.6) is 5.75 Å². The molecule has 1 heterocycles. The summed E-state index contributed by atoms with van der Waals surface area (Å²) in [5.41, 5.74) is 3.39. The lowest BCUT2D eigenvalue weighted by Gasteiger charge is -2.05. The Kier molecular flexibility index (Phi) is 6.15. The van der Waals surface area contributed by atoms with E-state index >= 15 is 0 Å². The van der Waals surface area contributed by atoms with Crippen molar-refractivity contribution in [2.45, 2.75) is 5.22 Å². The van der Waals surface area contributed by atoms with Gasteiger partial charge in [0, 0.05) is 16.8 Å². The van der Waals surface area contributed by atoms with Crippen LogP contribution in [-0.2, 0) is 4.79 Å². The van der Waals surface area contributed by atoms with Gasteiger partial charge < -0.3 is 14.5 Å². The number of aromatic nitrogens is 1. The van der Waals surface area contributed by atoms with Crippen molar-refractivity contribution in [1.82, 2.24) is 4.98 Å². The molecule has 4 rings (SSSR count). The average molecular weight is 417 g/mol. The SMILES string of the molecule is COc1ccc(NC(=O)CSc2nc(-c3ccccc3)c(-c3ccccc3)o2)cc1. The molecule has 3 aromatic carbocycles. The van der Waals surface area contributed by atoms with Gasteiger partial charge in [0.15, 0.2) is 5.76 Å². The molecular weight excluding hydrogens is 396 g/mol. The Morgan fingerprint density at radius 2 is 1.57 bits per heavy atom. The summed E-state index contributed by atoms with van der Waals surface area (Å²) >= 11 is 1.27. The maximum atomic E-state index is 12.3. The molecule has 6 heteroatoms. The van der Waals surface area contributed by atoms with Gasteiger partial charge in [-0.25, -0.2) is 4.98 Å². The number of oxazole rings is 1. The highest BCUT2D eigenvalue weighted by Gasteiger charge is 2.18. The molecule has 0 aliphatic carbocycles. The van der Waals surface area contributed by atoms with Crippen LogP contribution in [-0.4, -0.2) is 23.8 Å². The number of thioether (sulfide) groups is 1. The van der Waals surface area contributed by atoms with Crippen molar-refractivity contribution in [3.63, 3.8) is 0 Å². The molecule has 0 saturated carbocycles. The van der Waals surface area contributed by atoms with Crippen molar-refractivity contribution >= 4 is 23.4 Å². The van der Waals surface area contributed by atoms with E-state index in [1.807, 2.05) is 60.7 Å². The minimum absolute atomic E-state index is 0.133. The molecule has 150 valence electrons.